The quantitative estimate of drug-likeness (QED) is 0.497. The fourth-order valence-electron chi connectivity index (χ4n) is 1.03. The number of hydrogen-bond acceptors (Lipinski definition) is 4. The molecule has 2 aliphatic heterocycles. The van der Waals surface area contributed by atoms with Gasteiger partial charge in [0.15, 0.2) is 0 Å². The minimum atomic E-state index is -0.293. The van der Waals surface area contributed by atoms with E-state index in [1.807, 2.05) is 6.20 Å². The van der Waals surface area contributed by atoms with Crippen LogP contribution in [0.1, 0.15) is 0 Å². The first-order valence-electron chi connectivity index (χ1n) is 3.34. The molecule has 58 valence electrons. The molecule has 5 heteroatoms. The van der Waals surface area contributed by atoms with Crippen LogP contribution in [0.3, 0.4) is 0 Å². The maximum atomic E-state index is 10.6. The number of nitrogens with zero attached hydrogens (tertiary/aromatic N) is 1. The van der Waals surface area contributed by atoms with Gasteiger partial charge in [-0.25, -0.2) is 4.84 Å². The van der Waals surface area contributed by atoms with Crippen molar-refractivity contribution in [1.82, 2.24) is 10.6 Å². The van der Waals surface area contributed by atoms with Crippen LogP contribution in [0.5, 0.6) is 0 Å². The largest absolute Gasteiger partial charge is 0.378 e. The maximum absolute atomic E-state index is 10.6. The zero-order valence-electron chi connectivity index (χ0n) is 5.78. The molecule has 0 aromatic carbocycles. The van der Waals surface area contributed by atoms with Gasteiger partial charge in [0.2, 0.25) is 0 Å². The second kappa shape index (κ2) is 2.35. The Kier molecular flexibility index (Phi) is 1.36. The van der Waals surface area contributed by atoms with Crippen molar-refractivity contribution < 1.29 is 9.76 Å². The van der Waals surface area contributed by atoms with Crippen LogP contribution in [0.2, 0.25) is 0 Å². The highest BCUT2D eigenvalue weighted by Crippen LogP contribution is 2.12. The highest BCUT2D eigenvalue weighted by atomic mass is 16.8. The summed E-state index contributed by atoms with van der Waals surface area (Å²) in [6.07, 6.45) is 4.57. The van der Waals surface area contributed by atoms with E-state index in [0.29, 0.717) is 11.6 Å². The molecule has 0 spiro atoms. The van der Waals surface area contributed by atoms with Crippen molar-refractivity contribution in [1.29, 1.82) is 0 Å². The fourth-order valence-corrected chi connectivity index (χ4v) is 1.03. The first-order chi connectivity index (χ1) is 5.36. The summed E-state index contributed by atoms with van der Waals surface area (Å²) < 4.78 is 0. The molecule has 2 N–H and O–H groups in total. The lowest BCUT2D eigenvalue weighted by atomic mass is 10.2. The molecule has 1 atom stereocenters. The van der Waals surface area contributed by atoms with Crippen molar-refractivity contribution in [2.24, 2.45) is 0 Å². The standard InChI is InChI=1S/C6H8N3O2/c10-9-2-1-5-3-7-4-8-6(5)11-9/h1-3,6-8H,4H2/q+1. The van der Waals surface area contributed by atoms with E-state index in [4.69, 9.17) is 4.84 Å². The lowest BCUT2D eigenvalue weighted by molar-refractivity contribution is -0.769. The number of hydrogen-bond donors (Lipinski definition) is 2. The van der Waals surface area contributed by atoms with Crippen molar-refractivity contribution in [3.63, 3.8) is 0 Å². The highest BCUT2D eigenvalue weighted by molar-refractivity contribution is 5.22. The number of nitrogens with one attached hydrogen (secondary N) is 2. The van der Waals surface area contributed by atoms with Crippen LogP contribution < -0.4 is 10.6 Å². The lowest BCUT2D eigenvalue weighted by Gasteiger charge is -2.20. The molecule has 1 unspecified atom stereocenters. The van der Waals surface area contributed by atoms with Gasteiger partial charge in [0, 0.05) is 17.8 Å². The van der Waals surface area contributed by atoms with Crippen LogP contribution in [0, 0.1) is 4.91 Å². The van der Waals surface area contributed by atoms with E-state index in [-0.39, 0.29) is 6.23 Å². The molecule has 0 aromatic heterocycles. The molecule has 2 aliphatic rings. The first kappa shape index (κ1) is 6.36. The Morgan fingerprint density at radius 1 is 1.73 bits per heavy atom. The molecular weight excluding hydrogens is 146 g/mol. The predicted octanol–water partition coefficient (Wildman–Crippen LogP) is -0.416. The minimum Gasteiger partial charge on any atom is -0.378 e. The van der Waals surface area contributed by atoms with Crippen molar-refractivity contribution in [3.05, 3.63) is 29.0 Å². The highest BCUT2D eigenvalue weighted by Gasteiger charge is 2.28. The molecule has 0 saturated heterocycles. The summed E-state index contributed by atoms with van der Waals surface area (Å²) in [5.74, 6) is 0. The third-order valence-corrected chi connectivity index (χ3v) is 1.56. The molecule has 0 radical (unpaired) electrons. The van der Waals surface area contributed by atoms with Crippen molar-refractivity contribution in [3.8, 4) is 0 Å². The van der Waals surface area contributed by atoms with Gasteiger partial charge in [-0.2, -0.15) is 0 Å². The van der Waals surface area contributed by atoms with Crippen LogP contribution in [-0.4, -0.2) is 17.8 Å². The van der Waals surface area contributed by atoms with Crippen LogP contribution in [-0.2, 0) is 4.84 Å². The molecule has 0 saturated carbocycles. The molecule has 0 bridgehead atoms. The van der Waals surface area contributed by atoms with Gasteiger partial charge in [-0.05, 0) is 0 Å². The normalized spacial score (nSPS) is 28.2. The topological polar surface area (TPSA) is 53.4 Å². The summed E-state index contributed by atoms with van der Waals surface area (Å²) >= 11 is 0. The fraction of sp³-hybridized carbons (Fsp3) is 0.333. The van der Waals surface area contributed by atoms with E-state index in [9.17, 15) is 4.91 Å². The third-order valence-electron chi connectivity index (χ3n) is 1.56. The molecule has 2 heterocycles. The van der Waals surface area contributed by atoms with Crippen LogP contribution >= 0.6 is 0 Å². The summed E-state index contributed by atoms with van der Waals surface area (Å²) in [7, 11) is 0. The van der Waals surface area contributed by atoms with Crippen molar-refractivity contribution in [2.75, 3.05) is 6.67 Å². The Hall–Kier alpha value is -1.36. The number of fused-ring (bicyclic) bond motifs is 1. The van der Waals surface area contributed by atoms with Gasteiger partial charge in [-0.3, -0.25) is 5.32 Å². The molecule has 0 aliphatic carbocycles. The SMILES string of the molecule is O=[N+]1C=CC2=CNCNC2O1. The Bertz CT molecular complexity index is 243. The van der Waals surface area contributed by atoms with Crippen LogP contribution in [0.4, 0.5) is 0 Å². The minimum absolute atomic E-state index is 0.293. The third kappa shape index (κ3) is 1.10. The molecule has 0 aromatic rings. The van der Waals surface area contributed by atoms with Crippen LogP contribution in [0.15, 0.2) is 24.0 Å². The Morgan fingerprint density at radius 2 is 2.64 bits per heavy atom. The van der Waals surface area contributed by atoms with Crippen LogP contribution in [0.25, 0.3) is 0 Å². The van der Waals surface area contributed by atoms with Gasteiger partial charge in [-0.1, -0.05) is 0 Å². The average Bonchev–Trinajstić information content (AvgIpc) is 2.04. The average molecular weight is 154 g/mol. The van der Waals surface area contributed by atoms with E-state index < -0.39 is 0 Å². The molecule has 5 nitrogen and oxygen atoms in total. The van der Waals surface area contributed by atoms with E-state index >= 15 is 0 Å². The zero-order chi connectivity index (χ0) is 7.68. The second-order valence-corrected chi connectivity index (χ2v) is 2.32. The van der Waals surface area contributed by atoms with Gasteiger partial charge in [0.05, 0.1) is 11.6 Å². The Balaban J connectivity index is 2.26. The van der Waals surface area contributed by atoms with E-state index in [1.54, 1.807) is 6.08 Å². The van der Waals surface area contributed by atoms with E-state index in [1.165, 1.54) is 6.20 Å². The first-order valence-corrected chi connectivity index (χ1v) is 3.34. The molecule has 11 heavy (non-hydrogen) atoms. The van der Waals surface area contributed by atoms with Gasteiger partial charge >= 0.3 is 0 Å². The van der Waals surface area contributed by atoms with E-state index in [0.717, 1.165) is 5.57 Å². The van der Waals surface area contributed by atoms with E-state index in [2.05, 4.69) is 10.6 Å². The monoisotopic (exact) mass is 154 g/mol. The summed E-state index contributed by atoms with van der Waals surface area (Å²) in [6.45, 7) is 0.621. The summed E-state index contributed by atoms with van der Waals surface area (Å²) in [4.78, 5) is 15.9. The summed E-state index contributed by atoms with van der Waals surface area (Å²) in [5, 5.41) is 5.93. The molecular formula is C6H8N3O2+. The maximum Gasteiger partial charge on any atom is 0.282 e. The van der Waals surface area contributed by atoms with Crippen molar-refractivity contribution >= 4 is 0 Å². The summed E-state index contributed by atoms with van der Waals surface area (Å²) in [6, 6.07) is 0. The predicted molar refractivity (Wildman–Crippen MR) is 36.9 cm³/mol. The number of rotatable bonds is 0. The van der Waals surface area contributed by atoms with Crippen molar-refractivity contribution in [2.45, 2.75) is 6.23 Å². The molecule has 0 amide bonds. The Labute approximate surface area is 63.2 Å². The Morgan fingerprint density at radius 3 is 3.55 bits per heavy atom. The van der Waals surface area contributed by atoms with Gasteiger partial charge in [-0.15, -0.1) is 0 Å². The lowest BCUT2D eigenvalue weighted by Crippen LogP contribution is -2.45. The van der Waals surface area contributed by atoms with Gasteiger partial charge < -0.3 is 5.32 Å². The van der Waals surface area contributed by atoms with Gasteiger partial charge in [0.1, 0.15) is 0 Å². The summed E-state index contributed by atoms with van der Waals surface area (Å²) in [5.41, 5.74) is 0.934. The smallest absolute Gasteiger partial charge is 0.282 e. The zero-order valence-corrected chi connectivity index (χ0v) is 5.78. The molecule has 0 fully saturated rings. The van der Waals surface area contributed by atoms with Gasteiger partial charge in [0.25, 0.3) is 17.4 Å². The molecule has 2 rings (SSSR count). The second-order valence-electron chi connectivity index (χ2n) is 2.32.